The minimum Gasteiger partial charge on any atom is -0.375 e. The van der Waals surface area contributed by atoms with Crippen LogP contribution in [-0.2, 0) is 11.3 Å². The number of amides is 1. The van der Waals surface area contributed by atoms with Gasteiger partial charge >= 0.3 is 0 Å². The van der Waals surface area contributed by atoms with Gasteiger partial charge in [-0.25, -0.2) is 0 Å². The Morgan fingerprint density at radius 3 is 2.57 bits per heavy atom. The number of primary amides is 1. The zero-order chi connectivity index (χ0) is 10.4. The first-order valence-electron chi connectivity index (χ1n) is 4.27. The Labute approximate surface area is 88.3 Å². The quantitative estimate of drug-likeness (QED) is 0.725. The van der Waals surface area contributed by atoms with Crippen LogP contribution in [0.4, 0.5) is 0 Å². The third-order valence-corrected chi connectivity index (χ3v) is 1.96. The van der Waals surface area contributed by atoms with Crippen molar-refractivity contribution in [1.82, 2.24) is 5.32 Å². The first kappa shape index (κ1) is 10.7. The van der Waals surface area contributed by atoms with Crippen LogP contribution < -0.4 is 11.1 Å². The third kappa shape index (κ3) is 4.00. The lowest BCUT2D eigenvalue weighted by Crippen LogP contribution is -2.26. The van der Waals surface area contributed by atoms with E-state index in [9.17, 15) is 4.79 Å². The Bertz CT molecular complexity index is 324. The van der Waals surface area contributed by atoms with Gasteiger partial charge in [0.05, 0.1) is 11.4 Å². The minimum absolute atomic E-state index is 0.113. The predicted molar refractivity (Wildman–Crippen MR) is 59.7 cm³/mol. The highest BCUT2D eigenvalue weighted by atomic mass is 32.1. The molecule has 0 aliphatic rings. The van der Waals surface area contributed by atoms with E-state index in [0.29, 0.717) is 11.5 Å². The average Bonchev–Trinajstić information content (AvgIpc) is 2.15. The maximum absolute atomic E-state index is 10.5. The summed E-state index contributed by atoms with van der Waals surface area (Å²) in [5, 5.41) is 2.96. The van der Waals surface area contributed by atoms with E-state index < -0.39 is 5.91 Å². The first-order chi connectivity index (χ1) is 6.68. The standard InChI is InChI=1S/C10H12N2OS/c11-9(13)6-10(14)12-7-8-4-2-1-3-5-8/h1-5H,6-7H2,(H2,11,13)(H,12,14). The van der Waals surface area contributed by atoms with Gasteiger partial charge in [-0.1, -0.05) is 42.5 Å². The second kappa shape index (κ2) is 5.34. The zero-order valence-electron chi connectivity index (χ0n) is 7.69. The molecule has 0 spiro atoms. The van der Waals surface area contributed by atoms with Gasteiger partial charge in [-0.05, 0) is 5.56 Å². The SMILES string of the molecule is NC(=O)CC(=S)NCc1ccccc1. The fraction of sp³-hybridized carbons (Fsp3) is 0.200. The van der Waals surface area contributed by atoms with E-state index in [1.54, 1.807) is 0 Å². The lowest BCUT2D eigenvalue weighted by Gasteiger charge is -2.05. The van der Waals surface area contributed by atoms with E-state index in [1.165, 1.54) is 0 Å². The molecule has 0 saturated heterocycles. The van der Waals surface area contributed by atoms with E-state index in [-0.39, 0.29) is 6.42 Å². The number of thiocarbonyl (C=S) groups is 1. The van der Waals surface area contributed by atoms with Crippen molar-refractivity contribution in [3.8, 4) is 0 Å². The predicted octanol–water partition coefficient (Wildman–Crippen LogP) is 0.979. The number of rotatable bonds is 4. The monoisotopic (exact) mass is 208 g/mol. The number of hydrogen-bond acceptors (Lipinski definition) is 2. The Hall–Kier alpha value is -1.42. The van der Waals surface area contributed by atoms with Gasteiger partial charge < -0.3 is 11.1 Å². The number of hydrogen-bond donors (Lipinski definition) is 2. The third-order valence-electron chi connectivity index (χ3n) is 1.67. The number of carbonyl (C=O) groups excluding carboxylic acids is 1. The first-order valence-corrected chi connectivity index (χ1v) is 4.68. The number of nitrogens with one attached hydrogen (secondary N) is 1. The topological polar surface area (TPSA) is 55.1 Å². The van der Waals surface area contributed by atoms with E-state index in [1.807, 2.05) is 30.3 Å². The number of nitrogens with two attached hydrogens (primary N) is 1. The summed E-state index contributed by atoms with van der Waals surface area (Å²) in [7, 11) is 0. The van der Waals surface area contributed by atoms with Gasteiger partial charge in [0.1, 0.15) is 0 Å². The van der Waals surface area contributed by atoms with Crippen LogP contribution in [0.2, 0.25) is 0 Å². The lowest BCUT2D eigenvalue weighted by molar-refractivity contribution is -0.116. The molecule has 3 N–H and O–H groups in total. The molecule has 1 amide bonds. The highest BCUT2D eigenvalue weighted by molar-refractivity contribution is 7.80. The van der Waals surface area contributed by atoms with Gasteiger partial charge in [-0.15, -0.1) is 0 Å². The number of benzene rings is 1. The van der Waals surface area contributed by atoms with Gasteiger partial charge in [-0.3, -0.25) is 4.79 Å². The van der Waals surface area contributed by atoms with Gasteiger partial charge in [0.2, 0.25) is 5.91 Å². The van der Waals surface area contributed by atoms with E-state index >= 15 is 0 Å². The average molecular weight is 208 g/mol. The second-order valence-electron chi connectivity index (χ2n) is 2.91. The lowest BCUT2D eigenvalue weighted by atomic mass is 10.2. The molecule has 4 heteroatoms. The fourth-order valence-corrected chi connectivity index (χ4v) is 1.23. The van der Waals surface area contributed by atoms with Crippen molar-refractivity contribution in [2.45, 2.75) is 13.0 Å². The van der Waals surface area contributed by atoms with Crippen molar-refractivity contribution in [2.75, 3.05) is 0 Å². The molecular weight excluding hydrogens is 196 g/mol. The summed E-state index contributed by atoms with van der Waals surface area (Å²) in [5.41, 5.74) is 6.12. The molecule has 0 aliphatic heterocycles. The van der Waals surface area contributed by atoms with Crippen LogP contribution in [-0.4, -0.2) is 10.9 Å². The maximum atomic E-state index is 10.5. The van der Waals surface area contributed by atoms with Gasteiger partial charge in [-0.2, -0.15) is 0 Å². The molecule has 1 rings (SSSR count). The Balaban J connectivity index is 2.34. The molecule has 0 aromatic heterocycles. The van der Waals surface area contributed by atoms with Crippen LogP contribution in [0.3, 0.4) is 0 Å². The molecule has 14 heavy (non-hydrogen) atoms. The van der Waals surface area contributed by atoms with Crippen molar-refractivity contribution in [2.24, 2.45) is 5.73 Å². The normalized spacial score (nSPS) is 9.43. The second-order valence-corrected chi connectivity index (χ2v) is 3.40. The molecule has 0 aliphatic carbocycles. The molecule has 0 atom stereocenters. The summed E-state index contributed by atoms with van der Waals surface area (Å²) < 4.78 is 0. The largest absolute Gasteiger partial charge is 0.375 e. The van der Waals surface area contributed by atoms with E-state index in [0.717, 1.165) is 5.56 Å². The van der Waals surface area contributed by atoms with Crippen molar-refractivity contribution < 1.29 is 4.79 Å². The molecular formula is C10H12N2OS. The van der Waals surface area contributed by atoms with Crippen molar-refractivity contribution in [3.63, 3.8) is 0 Å². The molecule has 0 saturated carbocycles. The molecule has 0 heterocycles. The molecule has 1 aromatic rings. The summed E-state index contributed by atoms with van der Waals surface area (Å²) in [6, 6.07) is 9.83. The summed E-state index contributed by atoms with van der Waals surface area (Å²) in [6.45, 7) is 0.632. The fourth-order valence-electron chi connectivity index (χ4n) is 1.02. The molecule has 74 valence electrons. The Kier molecular flexibility index (Phi) is 4.07. The maximum Gasteiger partial charge on any atom is 0.224 e. The van der Waals surface area contributed by atoms with E-state index in [2.05, 4.69) is 5.32 Å². The smallest absolute Gasteiger partial charge is 0.224 e. The molecule has 1 aromatic carbocycles. The van der Waals surface area contributed by atoms with Crippen LogP contribution >= 0.6 is 12.2 Å². The van der Waals surface area contributed by atoms with Crippen LogP contribution in [0.15, 0.2) is 30.3 Å². The summed E-state index contributed by atoms with van der Waals surface area (Å²) in [4.78, 5) is 11.0. The number of carbonyl (C=O) groups is 1. The highest BCUT2D eigenvalue weighted by Gasteiger charge is 2.00. The van der Waals surface area contributed by atoms with Gasteiger partial charge in [0.25, 0.3) is 0 Å². The van der Waals surface area contributed by atoms with Crippen molar-refractivity contribution in [1.29, 1.82) is 0 Å². The minimum atomic E-state index is -0.407. The molecule has 0 bridgehead atoms. The Morgan fingerprint density at radius 2 is 2.00 bits per heavy atom. The Morgan fingerprint density at radius 1 is 1.36 bits per heavy atom. The molecule has 0 fully saturated rings. The summed E-state index contributed by atoms with van der Waals surface area (Å²) in [5.74, 6) is -0.407. The van der Waals surface area contributed by atoms with Crippen molar-refractivity contribution >= 4 is 23.1 Å². The van der Waals surface area contributed by atoms with Crippen LogP contribution in [0, 0.1) is 0 Å². The van der Waals surface area contributed by atoms with Gasteiger partial charge in [0.15, 0.2) is 0 Å². The van der Waals surface area contributed by atoms with Crippen LogP contribution in [0.25, 0.3) is 0 Å². The van der Waals surface area contributed by atoms with Crippen LogP contribution in [0.1, 0.15) is 12.0 Å². The van der Waals surface area contributed by atoms with Crippen molar-refractivity contribution in [3.05, 3.63) is 35.9 Å². The van der Waals surface area contributed by atoms with E-state index in [4.69, 9.17) is 18.0 Å². The molecule has 0 radical (unpaired) electrons. The highest BCUT2D eigenvalue weighted by Crippen LogP contribution is 1.97. The summed E-state index contributed by atoms with van der Waals surface area (Å²) in [6.07, 6.45) is 0.113. The molecule has 3 nitrogen and oxygen atoms in total. The molecule has 0 unspecified atom stereocenters. The zero-order valence-corrected chi connectivity index (χ0v) is 8.51. The van der Waals surface area contributed by atoms with Crippen LogP contribution in [0.5, 0.6) is 0 Å². The van der Waals surface area contributed by atoms with Gasteiger partial charge in [0, 0.05) is 6.54 Å². The summed E-state index contributed by atoms with van der Waals surface area (Å²) >= 11 is 4.92.